The van der Waals surface area contributed by atoms with Crippen LogP contribution < -0.4 is 5.32 Å². The van der Waals surface area contributed by atoms with Crippen molar-refractivity contribution in [3.8, 4) is 0 Å². The average molecular weight is 253 g/mol. The number of carbonyl (C=O) groups excluding carboxylic acids is 1. The predicted molar refractivity (Wildman–Crippen MR) is 71.3 cm³/mol. The first-order valence-electron chi connectivity index (χ1n) is 6.40. The molecule has 0 aliphatic carbocycles. The van der Waals surface area contributed by atoms with Gasteiger partial charge in [0.05, 0.1) is 0 Å². The highest BCUT2D eigenvalue weighted by atomic mass is 16.1. The number of ketones is 1. The predicted octanol–water partition coefficient (Wildman–Crippen LogP) is 2.21. The van der Waals surface area contributed by atoms with Crippen LogP contribution in [0.1, 0.15) is 36.1 Å². The number of aromatic nitrogens is 2. The van der Waals surface area contributed by atoms with Crippen molar-refractivity contribution >= 4 is 5.78 Å². The van der Waals surface area contributed by atoms with Gasteiger partial charge in [-0.25, -0.2) is 0 Å². The van der Waals surface area contributed by atoms with Crippen LogP contribution in [0.2, 0.25) is 0 Å². The Balaban J connectivity index is 1.84. The van der Waals surface area contributed by atoms with Gasteiger partial charge in [-0.1, -0.05) is 0 Å². The zero-order chi connectivity index (χ0) is 13.1. The molecule has 2 aromatic rings. The van der Waals surface area contributed by atoms with Gasteiger partial charge >= 0.3 is 0 Å². The molecule has 1 aliphatic heterocycles. The molecule has 4 nitrogen and oxygen atoms in total. The molecule has 1 saturated heterocycles. The molecule has 0 aromatic carbocycles. The molecule has 4 heteroatoms. The molecule has 1 N–H and O–H groups in total. The minimum atomic E-state index is 0.0717. The number of hydrogen-bond donors (Lipinski definition) is 1. The molecule has 1 fully saturated rings. The van der Waals surface area contributed by atoms with Crippen molar-refractivity contribution in [3.05, 3.63) is 60.2 Å². The molecular weight excluding hydrogens is 238 g/mol. The summed E-state index contributed by atoms with van der Waals surface area (Å²) < 4.78 is 0. The van der Waals surface area contributed by atoms with Gasteiger partial charge in [-0.3, -0.25) is 14.8 Å². The standard InChI is InChI=1S/C15H15N3O/c19-13-9-14(11-1-5-16-6-2-11)18-15(10-13)12-3-7-17-8-4-12/h1-8,14-15,18H,9-10H2/t14-,15+. The van der Waals surface area contributed by atoms with Gasteiger partial charge in [0.2, 0.25) is 0 Å². The second-order valence-corrected chi connectivity index (χ2v) is 4.78. The number of nitrogens with one attached hydrogen (secondary N) is 1. The molecule has 3 heterocycles. The normalized spacial score (nSPS) is 23.3. The monoisotopic (exact) mass is 253 g/mol. The fourth-order valence-corrected chi connectivity index (χ4v) is 2.52. The van der Waals surface area contributed by atoms with E-state index in [0.29, 0.717) is 18.6 Å². The Bertz CT molecular complexity index is 507. The van der Waals surface area contributed by atoms with E-state index in [2.05, 4.69) is 15.3 Å². The third kappa shape index (κ3) is 2.69. The molecule has 0 radical (unpaired) electrons. The van der Waals surface area contributed by atoms with Gasteiger partial charge in [-0.15, -0.1) is 0 Å². The average Bonchev–Trinajstić information content (AvgIpc) is 2.48. The molecule has 0 amide bonds. The van der Waals surface area contributed by atoms with Crippen molar-refractivity contribution in [2.24, 2.45) is 0 Å². The summed E-state index contributed by atoms with van der Waals surface area (Å²) in [6, 6.07) is 7.98. The van der Waals surface area contributed by atoms with E-state index in [0.717, 1.165) is 11.1 Å². The Morgan fingerprint density at radius 3 is 1.68 bits per heavy atom. The number of hydrogen-bond acceptors (Lipinski definition) is 4. The van der Waals surface area contributed by atoms with Crippen LogP contribution in [-0.4, -0.2) is 15.8 Å². The van der Waals surface area contributed by atoms with Crippen molar-refractivity contribution in [1.29, 1.82) is 0 Å². The summed E-state index contributed by atoms with van der Waals surface area (Å²) in [6.07, 6.45) is 8.14. The largest absolute Gasteiger partial charge is 0.302 e. The lowest BCUT2D eigenvalue weighted by Crippen LogP contribution is -2.35. The summed E-state index contributed by atoms with van der Waals surface area (Å²) in [5.74, 6) is 0.294. The maximum Gasteiger partial charge on any atom is 0.136 e. The topological polar surface area (TPSA) is 54.9 Å². The fourth-order valence-electron chi connectivity index (χ4n) is 2.52. The van der Waals surface area contributed by atoms with Crippen LogP contribution in [-0.2, 0) is 4.79 Å². The van der Waals surface area contributed by atoms with Gasteiger partial charge < -0.3 is 5.32 Å². The van der Waals surface area contributed by atoms with Crippen LogP contribution in [0, 0.1) is 0 Å². The van der Waals surface area contributed by atoms with Crippen molar-refractivity contribution in [2.75, 3.05) is 0 Å². The third-order valence-electron chi connectivity index (χ3n) is 3.48. The zero-order valence-corrected chi connectivity index (χ0v) is 10.5. The first kappa shape index (κ1) is 12.0. The number of nitrogens with zero attached hydrogens (tertiary/aromatic N) is 2. The Hall–Kier alpha value is -2.07. The molecule has 0 saturated carbocycles. The van der Waals surface area contributed by atoms with E-state index in [1.807, 2.05) is 24.3 Å². The van der Waals surface area contributed by atoms with E-state index in [1.165, 1.54) is 0 Å². The van der Waals surface area contributed by atoms with E-state index >= 15 is 0 Å². The Labute approximate surface area is 111 Å². The molecule has 1 aliphatic rings. The SMILES string of the molecule is O=C1C[C@@H](c2ccncc2)N[C@@H](c2ccncc2)C1. The molecule has 2 atom stereocenters. The van der Waals surface area contributed by atoms with Crippen molar-refractivity contribution in [1.82, 2.24) is 15.3 Å². The van der Waals surface area contributed by atoms with Gasteiger partial charge in [0.1, 0.15) is 5.78 Å². The molecule has 0 bridgehead atoms. The number of carbonyl (C=O) groups is 1. The Morgan fingerprint density at radius 2 is 1.26 bits per heavy atom. The van der Waals surface area contributed by atoms with Crippen LogP contribution >= 0.6 is 0 Å². The van der Waals surface area contributed by atoms with E-state index in [4.69, 9.17) is 0 Å². The number of piperidine rings is 1. The van der Waals surface area contributed by atoms with Gasteiger partial charge in [0.25, 0.3) is 0 Å². The highest BCUT2D eigenvalue weighted by molar-refractivity contribution is 5.81. The zero-order valence-electron chi connectivity index (χ0n) is 10.5. The molecule has 0 unspecified atom stereocenters. The van der Waals surface area contributed by atoms with Gasteiger partial charge in [0.15, 0.2) is 0 Å². The molecule has 2 aromatic heterocycles. The Kier molecular flexibility index (Phi) is 3.33. The van der Waals surface area contributed by atoms with Crippen LogP contribution in [0.15, 0.2) is 49.1 Å². The van der Waals surface area contributed by atoms with Gasteiger partial charge in [-0.05, 0) is 35.4 Å². The van der Waals surface area contributed by atoms with Crippen LogP contribution in [0.25, 0.3) is 0 Å². The second kappa shape index (κ2) is 5.28. The molecule has 19 heavy (non-hydrogen) atoms. The smallest absolute Gasteiger partial charge is 0.136 e. The quantitative estimate of drug-likeness (QED) is 0.891. The lowest BCUT2D eigenvalue weighted by Gasteiger charge is -2.30. The summed E-state index contributed by atoms with van der Waals surface area (Å²) >= 11 is 0. The summed E-state index contributed by atoms with van der Waals surface area (Å²) in [6.45, 7) is 0. The van der Waals surface area contributed by atoms with Gasteiger partial charge in [-0.2, -0.15) is 0 Å². The molecular formula is C15H15N3O. The molecule has 0 spiro atoms. The van der Waals surface area contributed by atoms with E-state index in [9.17, 15) is 4.79 Å². The minimum absolute atomic E-state index is 0.0717. The highest BCUT2D eigenvalue weighted by Crippen LogP contribution is 2.30. The van der Waals surface area contributed by atoms with Crippen molar-refractivity contribution < 1.29 is 4.79 Å². The minimum Gasteiger partial charge on any atom is -0.302 e. The van der Waals surface area contributed by atoms with E-state index < -0.39 is 0 Å². The summed E-state index contributed by atoms with van der Waals surface area (Å²) in [4.78, 5) is 20.0. The number of Topliss-reactive ketones (excluding diaryl/α,β-unsaturated/α-hetero) is 1. The van der Waals surface area contributed by atoms with Crippen LogP contribution in [0.4, 0.5) is 0 Å². The van der Waals surface area contributed by atoms with E-state index in [1.54, 1.807) is 24.8 Å². The maximum absolute atomic E-state index is 12.0. The number of pyridine rings is 2. The fraction of sp³-hybridized carbons (Fsp3) is 0.267. The second-order valence-electron chi connectivity index (χ2n) is 4.78. The Morgan fingerprint density at radius 1 is 0.842 bits per heavy atom. The molecule has 3 rings (SSSR count). The molecule has 96 valence electrons. The lowest BCUT2D eigenvalue weighted by molar-refractivity contribution is -0.121. The summed E-state index contributed by atoms with van der Waals surface area (Å²) in [7, 11) is 0. The maximum atomic E-state index is 12.0. The summed E-state index contributed by atoms with van der Waals surface area (Å²) in [5.41, 5.74) is 2.23. The van der Waals surface area contributed by atoms with Crippen molar-refractivity contribution in [3.63, 3.8) is 0 Å². The first-order chi connectivity index (χ1) is 9.33. The van der Waals surface area contributed by atoms with Crippen molar-refractivity contribution in [2.45, 2.75) is 24.9 Å². The highest BCUT2D eigenvalue weighted by Gasteiger charge is 2.28. The van der Waals surface area contributed by atoms with Crippen LogP contribution in [0.5, 0.6) is 0 Å². The van der Waals surface area contributed by atoms with Crippen LogP contribution in [0.3, 0.4) is 0 Å². The lowest BCUT2D eigenvalue weighted by atomic mass is 9.90. The summed E-state index contributed by atoms with van der Waals surface area (Å²) in [5, 5.41) is 3.54. The van der Waals surface area contributed by atoms with Gasteiger partial charge in [0, 0.05) is 49.7 Å². The van der Waals surface area contributed by atoms with E-state index in [-0.39, 0.29) is 12.1 Å². The third-order valence-corrected chi connectivity index (χ3v) is 3.48. The first-order valence-corrected chi connectivity index (χ1v) is 6.40. The number of rotatable bonds is 2.